The lowest BCUT2D eigenvalue weighted by atomic mass is 10.2. The Hall–Kier alpha value is -2.26. The highest BCUT2D eigenvalue weighted by molar-refractivity contribution is 8.00. The maximum absolute atomic E-state index is 12.8. The SMILES string of the molecule is COCCCn1c(SC(C)C(=O)Nc2ccc(OC)c(Cl)c2)nnc1-c1ccccc1Cl. The number of nitrogens with one attached hydrogen (secondary N) is 1. The van der Waals surface area contributed by atoms with Gasteiger partial charge >= 0.3 is 0 Å². The number of amides is 1. The van der Waals surface area contributed by atoms with Crippen molar-refractivity contribution in [2.75, 3.05) is 26.1 Å². The fraction of sp³-hybridized carbons (Fsp3) is 0.318. The number of nitrogens with zero attached hydrogens (tertiary/aromatic N) is 3. The zero-order chi connectivity index (χ0) is 23.1. The van der Waals surface area contributed by atoms with Crippen LogP contribution in [0, 0.1) is 0 Å². The Morgan fingerprint density at radius 2 is 1.94 bits per heavy atom. The lowest BCUT2D eigenvalue weighted by Gasteiger charge is -2.14. The average Bonchev–Trinajstić information content (AvgIpc) is 3.16. The molecule has 1 heterocycles. The van der Waals surface area contributed by atoms with Gasteiger partial charge in [-0.25, -0.2) is 0 Å². The summed E-state index contributed by atoms with van der Waals surface area (Å²) in [5.41, 5.74) is 1.38. The number of rotatable bonds is 10. The van der Waals surface area contributed by atoms with E-state index in [1.54, 1.807) is 25.3 Å². The maximum atomic E-state index is 12.8. The van der Waals surface area contributed by atoms with E-state index in [4.69, 9.17) is 32.7 Å². The summed E-state index contributed by atoms with van der Waals surface area (Å²) in [5.74, 6) is 1.02. The molecule has 10 heteroatoms. The molecule has 0 spiro atoms. The van der Waals surface area contributed by atoms with Crippen molar-refractivity contribution >= 4 is 46.6 Å². The van der Waals surface area contributed by atoms with Gasteiger partial charge in [-0.15, -0.1) is 10.2 Å². The minimum absolute atomic E-state index is 0.179. The molecule has 0 saturated heterocycles. The van der Waals surface area contributed by atoms with Crippen molar-refractivity contribution in [3.8, 4) is 17.1 Å². The minimum atomic E-state index is -0.430. The molecule has 0 aliphatic rings. The van der Waals surface area contributed by atoms with Gasteiger partial charge < -0.3 is 19.4 Å². The summed E-state index contributed by atoms with van der Waals surface area (Å²) in [7, 11) is 3.20. The summed E-state index contributed by atoms with van der Waals surface area (Å²) >= 11 is 13.9. The lowest BCUT2D eigenvalue weighted by molar-refractivity contribution is -0.115. The summed E-state index contributed by atoms with van der Waals surface area (Å²) in [5, 5.41) is 12.8. The van der Waals surface area contributed by atoms with Gasteiger partial charge in [0, 0.05) is 31.5 Å². The van der Waals surface area contributed by atoms with E-state index in [9.17, 15) is 4.79 Å². The van der Waals surface area contributed by atoms with Crippen LogP contribution in [0.4, 0.5) is 5.69 Å². The van der Waals surface area contributed by atoms with Crippen molar-refractivity contribution in [2.24, 2.45) is 0 Å². The molecular weight excluding hydrogens is 471 g/mol. The Labute approximate surface area is 201 Å². The summed E-state index contributed by atoms with van der Waals surface area (Å²) in [6, 6.07) is 12.6. The van der Waals surface area contributed by atoms with Gasteiger partial charge in [-0.2, -0.15) is 0 Å². The third kappa shape index (κ3) is 5.95. The van der Waals surface area contributed by atoms with E-state index in [1.165, 1.54) is 18.9 Å². The normalized spacial score (nSPS) is 11.9. The molecule has 0 radical (unpaired) electrons. The number of hydrogen-bond donors (Lipinski definition) is 1. The number of benzene rings is 2. The van der Waals surface area contributed by atoms with Crippen molar-refractivity contribution in [1.82, 2.24) is 14.8 Å². The number of halogens is 2. The van der Waals surface area contributed by atoms with Crippen LogP contribution in [0.5, 0.6) is 5.75 Å². The Balaban J connectivity index is 1.78. The van der Waals surface area contributed by atoms with Gasteiger partial charge in [0.15, 0.2) is 11.0 Å². The van der Waals surface area contributed by atoms with E-state index in [-0.39, 0.29) is 5.91 Å². The molecule has 170 valence electrons. The van der Waals surface area contributed by atoms with Crippen molar-refractivity contribution in [3.63, 3.8) is 0 Å². The monoisotopic (exact) mass is 494 g/mol. The Kier molecular flexibility index (Phi) is 8.81. The highest BCUT2D eigenvalue weighted by atomic mass is 35.5. The minimum Gasteiger partial charge on any atom is -0.495 e. The van der Waals surface area contributed by atoms with E-state index in [1.807, 2.05) is 35.8 Å². The molecule has 2 aromatic carbocycles. The molecule has 1 aromatic heterocycles. The van der Waals surface area contributed by atoms with Crippen LogP contribution >= 0.6 is 35.0 Å². The third-order valence-electron chi connectivity index (χ3n) is 4.63. The molecular formula is C22H24Cl2N4O3S. The van der Waals surface area contributed by atoms with Crippen molar-refractivity contribution in [3.05, 3.63) is 52.5 Å². The zero-order valence-corrected chi connectivity index (χ0v) is 20.3. The molecule has 1 atom stereocenters. The summed E-state index contributed by atoms with van der Waals surface area (Å²) in [6.07, 6.45) is 0.768. The predicted octanol–water partition coefficient (Wildman–Crippen LogP) is 5.42. The molecule has 0 saturated carbocycles. The first-order valence-corrected chi connectivity index (χ1v) is 11.6. The van der Waals surface area contributed by atoms with Crippen LogP contribution in [0.15, 0.2) is 47.6 Å². The largest absolute Gasteiger partial charge is 0.495 e. The molecule has 1 amide bonds. The summed E-state index contributed by atoms with van der Waals surface area (Å²) in [4.78, 5) is 12.8. The number of anilines is 1. The first-order valence-electron chi connectivity index (χ1n) is 9.92. The predicted molar refractivity (Wildman–Crippen MR) is 129 cm³/mol. The molecule has 0 aliphatic carbocycles. The van der Waals surface area contributed by atoms with E-state index < -0.39 is 5.25 Å². The standard InChI is InChI=1S/C22H24Cl2N4O3S/c1-14(21(29)25-15-9-10-19(31-3)18(24)13-15)32-22-27-26-20(28(22)11-6-12-30-2)16-7-4-5-8-17(16)23/h4-5,7-10,13-14H,6,11-12H2,1-3H3,(H,25,29). The Morgan fingerprint density at radius 3 is 2.62 bits per heavy atom. The summed E-state index contributed by atoms with van der Waals surface area (Å²) < 4.78 is 12.3. The number of carbonyl (C=O) groups is 1. The van der Waals surface area contributed by atoms with Gasteiger partial charge in [0.1, 0.15) is 5.75 Å². The first kappa shape index (κ1) is 24.4. The average molecular weight is 495 g/mol. The topological polar surface area (TPSA) is 78.3 Å². The van der Waals surface area contributed by atoms with Gasteiger partial charge in [-0.1, -0.05) is 47.1 Å². The van der Waals surface area contributed by atoms with E-state index in [0.717, 1.165) is 12.0 Å². The molecule has 3 aromatic rings. The van der Waals surface area contributed by atoms with E-state index in [0.29, 0.717) is 45.6 Å². The molecule has 3 rings (SSSR count). The van der Waals surface area contributed by atoms with Crippen LogP contribution in [0.25, 0.3) is 11.4 Å². The van der Waals surface area contributed by atoms with Crippen molar-refractivity contribution in [2.45, 2.75) is 30.3 Å². The molecule has 1 unspecified atom stereocenters. The molecule has 0 fully saturated rings. The third-order valence-corrected chi connectivity index (χ3v) is 6.34. The highest BCUT2D eigenvalue weighted by Gasteiger charge is 2.22. The van der Waals surface area contributed by atoms with Crippen LogP contribution in [-0.2, 0) is 16.1 Å². The van der Waals surface area contributed by atoms with Crippen LogP contribution in [-0.4, -0.2) is 46.7 Å². The van der Waals surface area contributed by atoms with Crippen LogP contribution in [0.1, 0.15) is 13.3 Å². The highest BCUT2D eigenvalue weighted by Crippen LogP contribution is 2.32. The van der Waals surface area contributed by atoms with E-state index >= 15 is 0 Å². The molecule has 32 heavy (non-hydrogen) atoms. The van der Waals surface area contributed by atoms with Crippen LogP contribution < -0.4 is 10.1 Å². The van der Waals surface area contributed by atoms with Gasteiger partial charge in [0.05, 0.1) is 22.4 Å². The second-order valence-corrected chi connectivity index (χ2v) is 9.01. The molecule has 0 bridgehead atoms. The number of aromatic nitrogens is 3. The van der Waals surface area contributed by atoms with Gasteiger partial charge in [0.2, 0.25) is 5.91 Å². The molecule has 0 aliphatic heterocycles. The fourth-order valence-corrected chi connectivity index (χ4v) is 4.34. The Bertz CT molecular complexity index is 1080. The zero-order valence-electron chi connectivity index (χ0n) is 18.0. The Morgan fingerprint density at radius 1 is 1.16 bits per heavy atom. The van der Waals surface area contributed by atoms with Gasteiger partial charge in [-0.3, -0.25) is 4.79 Å². The van der Waals surface area contributed by atoms with Crippen molar-refractivity contribution in [1.29, 1.82) is 0 Å². The fourth-order valence-electron chi connectivity index (χ4n) is 2.99. The smallest absolute Gasteiger partial charge is 0.237 e. The molecule has 7 nitrogen and oxygen atoms in total. The lowest BCUT2D eigenvalue weighted by Crippen LogP contribution is -2.23. The van der Waals surface area contributed by atoms with Gasteiger partial charge in [-0.05, 0) is 43.7 Å². The van der Waals surface area contributed by atoms with Gasteiger partial charge in [0.25, 0.3) is 0 Å². The summed E-state index contributed by atoms with van der Waals surface area (Å²) in [6.45, 7) is 3.04. The number of methoxy groups -OCH3 is 2. The van der Waals surface area contributed by atoms with Crippen LogP contribution in [0.2, 0.25) is 10.0 Å². The second-order valence-electron chi connectivity index (χ2n) is 6.88. The number of ether oxygens (including phenoxy) is 2. The van der Waals surface area contributed by atoms with Crippen LogP contribution in [0.3, 0.4) is 0 Å². The number of thioether (sulfide) groups is 1. The number of carbonyl (C=O) groups excluding carboxylic acids is 1. The van der Waals surface area contributed by atoms with E-state index in [2.05, 4.69) is 15.5 Å². The molecule has 1 N–H and O–H groups in total. The number of hydrogen-bond acceptors (Lipinski definition) is 6. The quantitative estimate of drug-likeness (QED) is 0.299. The van der Waals surface area contributed by atoms with Crippen molar-refractivity contribution < 1.29 is 14.3 Å². The maximum Gasteiger partial charge on any atom is 0.237 e. The second kappa shape index (κ2) is 11.6. The first-order chi connectivity index (χ1) is 15.4.